The molecule has 2 saturated heterocycles. The van der Waals surface area contributed by atoms with Crippen LogP contribution in [0.5, 0.6) is 0 Å². The number of aliphatic hydroxyl groups is 1. The van der Waals surface area contributed by atoms with Crippen LogP contribution in [0.2, 0.25) is 0 Å². The first-order chi connectivity index (χ1) is 11.5. The Bertz CT molecular complexity index is 762. The molecule has 0 unspecified atom stereocenters. The number of nitrogens with one attached hydrogen (secondary N) is 1. The van der Waals surface area contributed by atoms with Gasteiger partial charge in [0, 0.05) is 23.4 Å². The van der Waals surface area contributed by atoms with E-state index in [4.69, 9.17) is 9.47 Å². The van der Waals surface area contributed by atoms with Gasteiger partial charge in [-0.3, -0.25) is 4.79 Å². The van der Waals surface area contributed by atoms with Gasteiger partial charge in [0.25, 0.3) is 5.91 Å². The molecule has 0 radical (unpaired) electrons. The van der Waals surface area contributed by atoms with Crippen LogP contribution in [-0.4, -0.2) is 59.1 Å². The highest BCUT2D eigenvalue weighted by Gasteiger charge is 2.50. The van der Waals surface area contributed by atoms with Crippen molar-refractivity contribution in [2.24, 2.45) is 0 Å². The molecule has 6 nitrogen and oxygen atoms in total. The lowest BCUT2D eigenvalue weighted by Crippen LogP contribution is -2.39. The van der Waals surface area contributed by atoms with Crippen LogP contribution in [-0.2, 0) is 9.47 Å². The number of aromatic amines is 1. The minimum Gasteiger partial charge on any atom is -0.394 e. The van der Waals surface area contributed by atoms with Crippen LogP contribution in [0, 0.1) is 11.6 Å². The first kappa shape index (κ1) is 15.5. The van der Waals surface area contributed by atoms with Gasteiger partial charge in [-0.25, -0.2) is 8.78 Å². The number of hydrogen-bond donors (Lipinski definition) is 2. The first-order valence-electron chi connectivity index (χ1n) is 7.69. The maximum Gasteiger partial charge on any atom is 0.270 e. The number of amides is 1. The van der Waals surface area contributed by atoms with Gasteiger partial charge in [-0.2, -0.15) is 0 Å². The molecule has 2 fully saturated rings. The van der Waals surface area contributed by atoms with Gasteiger partial charge in [0.2, 0.25) is 0 Å². The molecule has 4 rings (SSSR count). The Morgan fingerprint density at radius 3 is 2.71 bits per heavy atom. The zero-order chi connectivity index (χ0) is 16.9. The number of ether oxygens (including phenoxy) is 2. The molecule has 24 heavy (non-hydrogen) atoms. The summed E-state index contributed by atoms with van der Waals surface area (Å²) in [5.74, 6) is -3.19. The van der Waals surface area contributed by atoms with Gasteiger partial charge in [0.05, 0.1) is 32.4 Å². The maximum atomic E-state index is 13.3. The van der Waals surface area contributed by atoms with Crippen molar-refractivity contribution < 1.29 is 28.2 Å². The minimum atomic E-state index is -0.982. The van der Waals surface area contributed by atoms with Crippen molar-refractivity contribution in [1.29, 1.82) is 0 Å². The van der Waals surface area contributed by atoms with Crippen molar-refractivity contribution in [3.63, 3.8) is 0 Å². The fourth-order valence-corrected chi connectivity index (χ4v) is 3.43. The number of fused-ring (bicyclic) bond motifs is 1. The second-order valence-electron chi connectivity index (χ2n) is 6.12. The number of benzene rings is 1. The third kappa shape index (κ3) is 2.38. The molecule has 2 aliphatic rings. The number of aromatic nitrogens is 1. The van der Waals surface area contributed by atoms with Crippen molar-refractivity contribution >= 4 is 16.8 Å². The highest BCUT2D eigenvalue weighted by Crippen LogP contribution is 2.35. The van der Waals surface area contributed by atoms with Crippen LogP contribution in [0.4, 0.5) is 8.78 Å². The van der Waals surface area contributed by atoms with Crippen LogP contribution >= 0.6 is 0 Å². The summed E-state index contributed by atoms with van der Waals surface area (Å²) >= 11 is 0. The summed E-state index contributed by atoms with van der Waals surface area (Å²) in [5, 5.41) is 9.98. The Hall–Kier alpha value is -2.03. The van der Waals surface area contributed by atoms with E-state index in [9.17, 15) is 18.7 Å². The Morgan fingerprint density at radius 1 is 1.29 bits per heavy atom. The molecule has 128 valence electrons. The van der Waals surface area contributed by atoms with E-state index in [0.29, 0.717) is 30.5 Å². The number of likely N-dealkylation sites (tertiary alicyclic amines) is 1. The molecule has 1 aromatic carbocycles. The molecule has 2 N–H and O–H groups in total. The largest absolute Gasteiger partial charge is 0.394 e. The first-order valence-corrected chi connectivity index (χ1v) is 7.69. The Labute approximate surface area is 136 Å². The summed E-state index contributed by atoms with van der Waals surface area (Å²) in [6, 6.07) is 3.08. The highest BCUT2D eigenvalue weighted by molar-refractivity contribution is 5.98. The van der Waals surface area contributed by atoms with Crippen LogP contribution in [0.1, 0.15) is 16.9 Å². The highest BCUT2D eigenvalue weighted by atomic mass is 19.2. The van der Waals surface area contributed by atoms with Gasteiger partial charge in [0.15, 0.2) is 17.4 Å². The number of hydrogen-bond acceptors (Lipinski definition) is 4. The molecule has 0 aliphatic carbocycles. The average Bonchev–Trinajstić information content (AvgIpc) is 3.27. The average molecular weight is 338 g/mol. The van der Waals surface area contributed by atoms with E-state index < -0.39 is 23.5 Å². The second kappa shape index (κ2) is 5.51. The maximum absolute atomic E-state index is 13.3. The SMILES string of the molecule is O=C(c1cc2cc(F)c(F)cc2[nH]1)N1CC2(C[C@@H]1CO)OCCO2. The van der Waals surface area contributed by atoms with E-state index in [2.05, 4.69) is 4.98 Å². The number of carbonyl (C=O) groups excluding carboxylic acids is 1. The van der Waals surface area contributed by atoms with Crippen LogP contribution in [0.15, 0.2) is 18.2 Å². The lowest BCUT2D eigenvalue weighted by Gasteiger charge is -2.23. The van der Waals surface area contributed by atoms with E-state index in [-0.39, 0.29) is 24.8 Å². The number of aliphatic hydroxyl groups excluding tert-OH is 1. The smallest absolute Gasteiger partial charge is 0.270 e. The lowest BCUT2D eigenvalue weighted by molar-refractivity contribution is -0.144. The Kier molecular flexibility index (Phi) is 3.56. The normalized spacial score (nSPS) is 22.8. The molecule has 1 aromatic heterocycles. The molecule has 0 bridgehead atoms. The fourth-order valence-electron chi connectivity index (χ4n) is 3.43. The summed E-state index contributed by atoms with van der Waals surface area (Å²) in [4.78, 5) is 17.1. The van der Waals surface area contributed by atoms with E-state index in [1.54, 1.807) is 0 Å². The van der Waals surface area contributed by atoms with Gasteiger partial charge < -0.3 is 24.5 Å². The molecule has 2 aliphatic heterocycles. The molecule has 0 saturated carbocycles. The molecule has 2 aromatic rings. The molecular weight excluding hydrogens is 322 g/mol. The van der Waals surface area contributed by atoms with E-state index in [0.717, 1.165) is 12.1 Å². The summed E-state index contributed by atoms with van der Waals surface area (Å²) in [5.41, 5.74) is 0.531. The zero-order valence-electron chi connectivity index (χ0n) is 12.7. The van der Waals surface area contributed by atoms with Crippen molar-refractivity contribution in [3.8, 4) is 0 Å². The Balaban J connectivity index is 1.65. The standard InChI is InChI=1S/C16H16F2N2O4/c17-11-3-9-4-14(19-13(9)5-12(11)18)15(22)20-8-16(6-10(20)7-21)23-1-2-24-16/h3-5,10,19,21H,1-2,6-8H2/t10-/m1/s1. The van der Waals surface area contributed by atoms with Gasteiger partial charge >= 0.3 is 0 Å². The van der Waals surface area contributed by atoms with Crippen LogP contribution in [0.3, 0.4) is 0 Å². The van der Waals surface area contributed by atoms with Gasteiger partial charge in [-0.1, -0.05) is 0 Å². The number of carbonyl (C=O) groups is 1. The van der Waals surface area contributed by atoms with Crippen molar-refractivity contribution in [3.05, 3.63) is 35.5 Å². The second-order valence-corrected chi connectivity index (χ2v) is 6.12. The summed E-state index contributed by atoms with van der Waals surface area (Å²) in [6.07, 6.45) is 0.388. The van der Waals surface area contributed by atoms with Crippen molar-refractivity contribution in [1.82, 2.24) is 9.88 Å². The summed E-state index contributed by atoms with van der Waals surface area (Å²) in [7, 11) is 0. The third-order valence-electron chi connectivity index (χ3n) is 4.58. The van der Waals surface area contributed by atoms with E-state index in [1.165, 1.54) is 11.0 Å². The van der Waals surface area contributed by atoms with Gasteiger partial charge in [-0.15, -0.1) is 0 Å². The molecule has 1 spiro atoms. The molecule has 8 heteroatoms. The topological polar surface area (TPSA) is 74.8 Å². The predicted molar refractivity (Wildman–Crippen MR) is 79.4 cm³/mol. The minimum absolute atomic E-state index is 0.198. The van der Waals surface area contributed by atoms with E-state index >= 15 is 0 Å². The van der Waals surface area contributed by atoms with Gasteiger partial charge in [0.1, 0.15) is 5.69 Å². The lowest BCUT2D eigenvalue weighted by atomic mass is 10.1. The quantitative estimate of drug-likeness (QED) is 0.868. The number of H-pyrrole nitrogens is 1. The molecule has 1 amide bonds. The zero-order valence-corrected chi connectivity index (χ0v) is 12.7. The summed E-state index contributed by atoms with van der Waals surface area (Å²) < 4.78 is 37.9. The van der Waals surface area contributed by atoms with Crippen molar-refractivity contribution in [2.45, 2.75) is 18.2 Å². The van der Waals surface area contributed by atoms with Gasteiger partial charge in [-0.05, 0) is 12.1 Å². The fraction of sp³-hybridized carbons (Fsp3) is 0.438. The Morgan fingerprint density at radius 2 is 2.00 bits per heavy atom. The number of rotatable bonds is 2. The van der Waals surface area contributed by atoms with Crippen LogP contribution in [0.25, 0.3) is 10.9 Å². The molecular formula is C16H16F2N2O4. The molecule has 3 heterocycles. The van der Waals surface area contributed by atoms with Crippen LogP contribution < -0.4 is 0 Å². The summed E-state index contributed by atoms with van der Waals surface area (Å²) in [6.45, 7) is 0.884. The third-order valence-corrected chi connectivity index (χ3v) is 4.58. The van der Waals surface area contributed by atoms with Crippen molar-refractivity contribution in [2.75, 3.05) is 26.4 Å². The van der Waals surface area contributed by atoms with E-state index in [1.807, 2.05) is 0 Å². The monoisotopic (exact) mass is 338 g/mol. The predicted octanol–water partition coefficient (Wildman–Crippen LogP) is 1.40. The number of nitrogens with zero attached hydrogens (tertiary/aromatic N) is 1. The number of halogens is 2. The molecule has 1 atom stereocenters.